The third-order valence-electron chi connectivity index (χ3n) is 12.9. The van der Waals surface area contributed by atoms with Gasteiger partial charge in [0.15, 0.2) is 45.9 Å². The molecule has 0 amide bonds. The van der Waals surface area contributed by atoms with Gasteiger partial charge in [0.1, 0.15) is 56.0 Å². The number of aromatic nitrogens is 22. The van der Waals surface area contributed by atoms with Crippen molar-refractivity contribution < 1.29 is 8.83 Å². The Kier molecular flexibility index (Phi) is 7.38. The van der Waals surface area contributed by atoms with E-state index in [2.05, 4.69) is 49.8 Å². The fourth-order valence-corrected chi connectivity index (χ4v) is 9.62. The van der Waals surface area contributed by atoms with Crippen LogP contribution in [-0.4, -0.2) is 110 Å². The van der Waals surface area contributed by atoms with Crippen LogP contribution in [-0.2, 0) is 0 Å². The van der Waals surface area contributed by atoms with Crippen molar-refractivity contribution in [2.24, 2.45) is 0 Å². The maximum Gasteiger partial charge on any atom is 0.218 e. The number of rotatable bonds is 0. The van der Waals surface area contributed by atoms with Crippen LogP contribution in [0.1, 0.15) is 0 Å². The molecule has 24 heteroatoms. The Morgan fingerprint density at radius 1 is 0.270 bits per heavy atom. The standard InChI is InChI=1S/C50H22N22O2/c1-2-8-20-19(7-1)35-57-36(20)59-38-22-10-4-6-12-24(22)40(61-38)63-48-32-31(47(71-48)62-39-23-11-5-3-9-21(23)37(58-35)60-39)73-33-34(74-32)50-70-46-30-28(54-16-18-56-30)44(68-46)66-42-26-25(51-13-14-52-26)41(64-42)65-43-27-29(55-17-15-53-27)45(67-43)69-49(33)72-50/h1-18H,(H2,57,58,59,60,61,62,63,71)(H2,64,65,66,67,68,69,70,72). The molecule has 0 saturated carbocycles. The lowest BCUT2D eigenvalue weighted by molar-refractivity contribution is 0.397. The number of fused-ring (bicyclic) bond motifs is 38. The van der Waals surface area contributed by atoms with Crippen LogP contribution in [0.5, 0.6) is 0 Å². The minimum absolute atomic E-state index is 0.0550. The minimum Gasteiger partial charge on any atom is -0.441 e. The normalized spacial score (nSPS) is 12.3. The van der Waals surface area contributed by atoms with Gasteiger partial charge in [-0.2, -0.15) is 0 Å². The van der Waals surface area contributed by atoms with E-state index < -0.39 is 0 Å². The molecule has 0 atom stereocenters. The number of H-pyrrole nitrogens is 4. The zero-order valence-electron chi connectivity index (χ0n) is 37.3. The highest BCUT2D eigenvalue weighted by Gasteiger charge is 2.25. The number of aromatic amines is 4. The average molecular weight is 963 g/mol. The molecule has 24 nitrogen and oxygen atoms in total. The summed E-state index contributed by atoms with van der Waals surface area (Å²) in [5.74, 6) is 1.44. The van der Waals surface area contributed by atoms with Crippen LogP contribution >= 0.6 is 0 Å². The summed E-state index contributed by atoms with van der Waals surface area (Å²) in [7, 11) is 0. The van der Waals surface area contributed by atoms with Crippen molar-refractivity contribution in [2.75, 3.05) is 0 Å². The molecule has 0 unspecified atom stereocenters. The fourth-order valence-electron chi connectivity index (χ4n) is 9.62. The van der Waals surface area contributed by atoms with Crippen LogP contribution in [0.2, 0.25) is 0 Å². The molecule has 0 aliphatic carbocycles. The minimum atomic E-state index is 0.0550. The van der Waals surface area contributed by atoms with Gasteiger partial charge in [0.25, 0.3) is 0 Å². The van der Waals surface area contributed by atoms with Crippen LogP contribution in [0.3, 0.4) is 0 Å². The van der Waals surface area contributed by atoms with Gasteiger partial charge in [-0.05, 0) is 0 Å². The molecular weight excluding hydrogens is 941 g/mol. The molecule has 14 heterocycles. The topological polar surface area (TPSA) is 321 Å². The average Bonchev–Trinajstić information content (AvgIpc) is 4.34. The third-order valence-corrected chi connectivity index (χ3v) is 12.9. The Hall–Kier alpha value is -11.3. The Balaban J connectivity index is 1.06. The molecule has 0 saturated heterocycles. The molecule has 74 heavy (non-hydrogen) atoms. The highest BCUT2D eigenvalue weighted by atomic mass is 16.4. The predicted molar refractivity (Wildman–Crippen MR) is 265 cm³/mol. The predicted octanol–water partition coefficient (Wildman–Crippen LogP) is 7.51. The molecule has 344 valence electrons. The second kappa shape index (κ2) is 14.2. The van der Waals surface area contributed by atoms with Gasteiger partial charge in [-0.3, -0.25) is 0 Å². The zero-order chi connectivity index (χ0) is 48.2. The van der Waals surface area contributed by atoms with Crippen molar-refractivity contribution in [3.8, 4) is 45.8 Å². The van der Waals surface area contributed by atoms with Crippen molar-refractivity contribution in [3.63, 3.8) is 0 Å². The van der Waals surface area contributed by atoms with E-state index in [4.69, 9.17) is 68.6 Å². The Labute approximate surface area is 406 Å². The van der Waals surface area contributed by atoms with Crippen LogP contribution in [0.4, 0.5) is 0 Å². The Morgan fingerprint density at radius 3 is 0.973 bits per heavy atom. The van der Waals surface area contributed by atoms with E-state index in [1.165, 1.54) is 0 Å². The summed E-state index contributed by atoms with van der Waals surface area (Å²) in [5, 5.41) is 3.13. The summed E-state index contributed by atoms with van der Waals surface area (Å²) in [6.45, 7) is 0. The maximum atomic E-state index is 6.95. The molecule has 17 rings (SSSR count). The van der Waals surface area contributed by atoms with E-state index >= 15 is 0 Å². The summed E-state index contributed by atoms with van der Waals surface area (Å²) in [4.78, 5) is 101. The second-order valence-electron chi connectivity index (χ2n) is 17.1. The summed E-state index contributed by atoms with van der Waals surface area (Å²) in [6.07, 6.45) is 9.34. The molecule has 0 spiro atoms. The zero-order valence-corrected chi connectivity index (χ0v) is 37.3. The first kappa shape index (κ1) is 38.5. The van der Waals surface area contributed by atoms with Crippen LogP contribution in [0.15, 0.2) is 119 Å². The number of nitrogens with one attached hydrogen (secondary N) is 4. The van der Waals surface area contributed by atoms with Crippen molar-refractivity contribution in [3.05, 3.63) is 132 Å². The molecule has 3 aromatic carbocycles. The maximum absolute atomic E-state index is 6.95. The van der Waals surface area contributed by atoms with Crippen molar-refractivity contribution in [1.29, 1.82) is 0 Å². The molecule has 5 aliphatic heterocycles. The Morgan fingerprint density at radius 2 is 0.568 bits per heavy atom. The first-order chi connectivity index (χ1) is 36.6. The van der Waals surface area contributed by atoms with Crippen LogP contribution < -0.4 is 0 Å². The van der Waals surface area contributed by atoms with Gasteiger partial charge in [-0.25, -0.2) is 89.7 Å². The molecule has 5 aliphatic rings. The van der Waals surface area contributed by atoms with Crippen molar-refractivity contribution in [1.82, 2.24) is 110 Å². The van der Waals surface area contributed by atoms with E-state index in [1.54, 1.807) is 37.2 Å². The van der Waals surface area contributed by atoms with E-state index in [1.807, 2.05) is 72.8 Å². The molecule has 4 N–H and O–H groups in total. The molecule has 0 fully saturated rings. The number of hydrogen-bond acceptors (Lipinski definition) is 20. The number of hydrogen-bond donors (Lipinski definition) is 4. The molecular formula is C50H22N22O2. The molecule has 12 aromatic rings. The van der Waals surface area contributed by atoms with E-state index in [-0.39, 0.29) is 67.2 Å². The van der Waals surface area contributed by atoms with Gasteiger partial charge < -0.3 is 28.8 Å². The van der Waals surface area contributed by atoms with Gasteiger partial charge in [-0.1, -0.05) is 72.8 Å². The highest BCUT2D eigenvalue weighted by Crippen LogP contribution is 2.35. The van der Waals surface area contributed by atoms with Gasteiger partial charge in [0, 0.05) is 69.9 Å². The second-order valence-corrected chi connectivity index (χ2v) is 17.1. The Bertz CT molecular complexity index is 4790. The number of benzene rings is 3. The first-order valence-corrected chi connectivity index (χ1v) is 22.8. The van der Waals surface area contributed by atoms with E-state index in [9.17, 15) is 0 Å². The van der Waals surface area contributed by atoms with Crippen molar-refractivity contribution >= 4 is 111 Å². The van der Waals surface area contributed by atoms with Gasteiger partial charge in [0.2, 0.25) is 44.3 Å². The highest BCUT2D eigenvalue weighted by molar-refractivity contribution is 6.06. The quantitative estimate of drug-likeness (QED) is 0.114. The lowest BCUT2D eigenvalue weighted by Crippen LogP contribution is -1.88. The summed E-state index contributed by atoms with van der Waals surface area (Å²) in [6, 6.07) is 23.4. The monoisotopic (exact) mass is 962 g/mol. The summed E-state index contributed by atoms with van der Waals surface area (Å²) >= 11 is 0. The lowest BCUT2D eigenvalue weighted by Gasteiger charge is -1.96. The van der Waals surface area contributed by atoms with E-state index in [0.717, 1.165) is 32.7 Å². The lowest BCUT2D eigenvalue weighted by atomic mass is 10.1. The van der Waals surface area contributed by atoms with Crippen molar-refractivity contribution in [2.45, 2.75) is 0 Å². The smallest absolute Gasteiger partial charge is 0.218 e. The largest absolute Gasteiger partial charge is 0.441 e. The molecule has 0 radical (unpaired) electrons. The van der Waals surface area contributed by atoms with E-state index in [0.29, 0.717) is 79.0 Å². The van der Waals surface area contributed by atoms with Crippen LogP contribution in [0, 0.1) is 21.7 Å². The summed E-state index contributed by atoms with van der Waals surface area (Å²) in [5.41, 5.74) is 7.86. The van der Waals surface area contributed by atoms with Gasteiger partial charge in [-0.15, -0.1) is 0 Å². The third kappa shape index (κ3) is 5.48. The fraction of sp³-hybridized carbons (Fsp3) is 0. The first-order valence-electron chi connectivity index (χ1n) is 22.8. The number of nitrogens with zero attached hydrogens (tertiary/aromatic N) is 18. The molecule has 16 bridgehead atoms. The molecule has 9 aromatic heterocycles. The van der Waals surface area contributed by atoms with Gasteiger partial charge >= 0.3 is 0 Å². The van der Waals surface area contributed by atoms with Crippen LogP contribution in [0.25, 0.3) is 157 Å². The summed E-state index contributed by atoms with van der Waals surface area (Å²) < 4.78 is 13.9. The SMILES string of the molecule is c1ccc2c(c1)-c1nc-2nc2[nH]c(nc3nc(nc4[nH]c(n1)c1ccccc41)c1oc4c5nc(nc6[nH]c(nc7nc(nc8[nH]c(n5)c5nccnc85)-c5nccnc5-7)c5nccnc65)c=4oc3=1)c1ccccc21. The van der Waals surface area contributed by atoms with Gasteiger partial charge in [0.05, 0.1) is 0 Å².